The predicted octanol–water partition coefficient (Wildman–Crippen LogP) is 2.54. The van der Waals surface area contributed by atoms with Crippen molar-refractivity contribution in [3.63, 3.8) is 0 Å². The molecule has 0 aliphatic carbocycles. The summed E-state index contributed by atoms with van der Waals surface area (Å²) in [5.41, 5.74) is 5.15. The molecule has 1 aromatic heterocycles. The topological polar surface area (TPSA) is 66.6 Å². The molecule has 7 heteroatoms. The Hall–Kier alpha value is -2.57. The van der Waals surface area contributed by atoms with Crippen molar-refractivity contribution in [1.82, 2.24) is 4.98 Å². The molecule has 0 aliphatic rings. The molecule has 0 radical (unpaired) electrons. The maximum atomic E-state index is 14.1. The Bertz CT molecular complexity index is 605. The van der Waals surface area contributed by atoms with E-state index in [0.717, 1.165) is 6.07 Å². The fraction of sp³-hybridized carbons (Fsp3) is 0.214. The molecule has 5 nitrogen and oxygen atoms in total. The number of aromatic nitrogens is 1. The summed E-state index contributed by atoms with van der Waals surface area (Å²) in [5, 5.41) is 0. The van der Waals surface area contributed by atoms with Crippen LogP contribution in [0.2, 0.25) is 0 Å². The van der Waals surface area contributed by atoms with Gasteiger partial charge >= 0.3 is 0 Å². The van der Waals surface area contributed by atoms with Crippen LogP contribution >= 0.6 is 0 Å². The van der Waals surface area contributed by atoms with Crippen LogP contribution in [0.25, 0.3) is 0 Å². The quantitative estimate of drug-likeness (QED) is 0.918. The van der Waals surface area contributed by atoms with Crippen LogP contribution in [-0.2, 0) is 6.61 Å². The number of halogens is 2. The molecule has 0 unspecified atom stereocenters. The number of nitrogen functional groups attached to an aromatic ring is 1. The summed E-state index contributed by atoms with van der Waals surface area (Å²) in [4.78, 5) is 3.82. The summed E-state index contributed by atoms with van der Waals surface area (Å²) in [6, 6.07) is 4.21. The van der Waals surface area contributed by atoms with E-state index in [1.54, 1.807) is 6.07 Å². The van der Waals surface area contributed by atoms with E-state index in [-0.39, 0.29) is 23.7 Å². The first kappa shape index (κ1) is 14.8. The molecule has 0 saturated carbocycles. The van der Waals surface area contributed by atoms with Crippen molar-refractivity contribution in [3.05, 3.63) is 41.6 Å². The maximum absolute atomic E-state index is 14.1. The van der Waals surface area contributed by atoms with Crippen molar-refractivity contribution in [3.8, 4) is 17.2 Å². The summed E-state index contributed by atoms with van der Waals surface area (Å²) in [6.45, 7) is -0.336. The van der Waals surface area contributed by atoms with E-state index in [9.17, 15) is 8.78 Å². The number of pyridine rings is 1. The minimum Gasteiger partial charge on any atom is -0.494 e. The van der Waals surface area contributed by atoms with Crippen molar-refractivity contribution in [2.24, 2.45) is 0 Å². The summed E-state index contributed by atoms with van der Waals surface area (Å²) >= 11 is 0. The zero-order valence-electron chi connectivity index (χ0n) is 11.5. The van der Waals surface area contributed by atoms with Crippen LogP contribution in [0.1, 0.15) is 5.56 Å². The molecule has 0 bridgehead atoms. The Kier molecular flexibility index (Phi) is 4.42. The van der Waals surface area contributed by atoms with Crippen LogP contribution < -0.4 is 19.9 Å². The molecule has 0 atom stereocenters. The van der Waals surface area contributed by atoms with Gasteiger partial charge in [-0.25, -0.2) is 13.8 Å². The van der Waals surface area contributed by atoms with Crippen molar-refractivity contribution < 1.29 is 23.0 Å². The molecule has 2 rings (SSSR count). The Morgan fingerprint density at radius 1 is 1.10 bits per heavy atom. The van der Waals surface area contributed by atoms with Crippen LogP contribution in [0.3, 0.4) is 0 Å². The average Bonchev–Trinajstić information content (AvgIpc) is 2.49. The number of rotatable bonds is 5. The van der Waals surface area contributed by atoms with E-state index in [4.69, 9.17) is 19.9 Å². The van der Waals surface area contributed by atoms with E-state index >= 15 is 0 Å². The Labute approximate surface area is 120 Å². The van der Waals surface area contributed by atoms with E-state index in [1.807, 2.05) is 0 Å². The molecule has 0 amide bonds. The van der Waals surface area contributed by atoms with Crippen LogP contribution in [0, 0.1) is 11.6 Å². The molecular formula is C14H14F2N2O3. The number of methoxy groups -OCH3 is 2. The minimum absolute atomic E-state index is 0.123. The fourth-order valence-electron chi connectivity index (χ4n) is 1.70. The monoisotopic (exact) mass is 296 g/mol. The number of hydrogen-bond acceptors (Lipinski definition) is 5. The second-order valence-electron chi connectivity index (χ2n) is 4.10. The first-order valence-electron chi connectivity index (χ1n) is 6.00. The van der Waals surface area contributed by atoms with Crippen LogP contribution in [0.5, 0.6) is 17.2 Å². The van der Waals surface area contributed by atoms with Gasteiger partial charge in [-0.15, -0.1) is 0 Å². The third-order valence-electron chi connectivity index (χ3n) is 2.81. The van der Waals surface area contributed by atoms with Gasteiger partial charge in [-0.05, 0) is 12.1 Å². The summed E-state index contributed by atoms with van der Waals surface area (Å²) in [5.74, 6) is -1.25. The largest absolute Gasteiger partial charge is 0.494 e. The minimum atomic E-state index is -0.834. The number of nitrogens with two attached hydrogens (primary N) is 1. The molecule has 21 heavy (non-hydrogen) atoms. The van der Waals surface area contributed by atoms with E-state index in [1.165, 1.54) is 26.5 Å². The van der Waals surface area contributed by atoms with E-state index in [2.05, 4.69) is 4.98 Å². The van der Waals surface area contributed by atoms with Gasteiger partial charge < -0.3 is 19.9 Å². The SMILES string of the molecule is COc1cc(OC)c(F)c(COc2ccc(N)nc2)c1F. The number of benzene rings is 1. The highest BCUT2D eigenvalue weighted by atomic mass is 19.1. The highest BCUT2D eigenvalue weighted by Gasteiger charge is 2.20. The fourth-order valence-corrected chi connectivity index (χ4v) is 1.70. The maximum Gasteiger partial charge on any atom is 0.174 e. The molecule has 112 valence electrons. The lowest BCUT2D eigenvalue weighted by molar-refractivity contribution is 0.281. The van der Waals surface area contributed by atoms with Gasteiger partial charge in [-0.3, -0.25) is 0 Å². The Morgan fingerprint density at radius 2 is 1.71 bits per heavy atom. The van der Waals surface area contributed by atoms with Crippen LogP contribution in [0.15, 0.2) is 24.4 Å². The third kappa shape index (κ3) is 3.13. The first-order chi connectivity index (χ1) is 10.1. The average molecular weight is 296 g/mol. The Balaban J connectivity index is 2.28. The summed E-state index contributed by atoms with van der Waals surface area (Å²) < 4.78 is 43.1. The lowest BCUT2D eigenvalue weighted by Gasteiger charge is -2.13. The second kappa shape index (κ2) is 6.25. The number of nitrogens with zero attached hydrogens (tertiary/aromatic N) is 1. The molecule has 1 aromatic carbocycles. The normalized spacial score (nSPS) is 10.3. The van der Waals surface area contributed by atoms with E-state index in [0.29, 0.717) is 11.6 Å². The van der Waals surface area contributed by atoms with Gasteiger partial charge in [0.1, 0.15) is 18.2 Å². The van der Waals surface area contributed by atoms with Crippen LogP contribution in [0.4, 0.5) is 14.6 Å². The second-order valence-corrected chi connectivity index (χ2v) is 4.10. The van der Waals surface area contributed by atoms with Crippen LogP contribution in [-0.4, -0.2) is 19.2 Å². The molecular weight excluding hydrogens is 282 g/mol. The third-order valence-corrected chi connectivity index (χ3v) is 2.81. The van der Waals surface area contributed by atoms with Crippen molar-refractivity contribution >= 4 is 5.82 Å². The highest BCUT2D eigenvalue weighted by molar-refractivity contribution is 5.42. The molecule has 0 aliphatic heterocycles. The summed E-state index contributed by atoms with van der Waals surface area (Å²) in [6.07, 6.45) is 1.36. The molecule has 0 spiro atoms. The van der Waals surface area contributed by atoms with Crippen molar-refractivity contribution in [2.75, 3.05) is 20.0 Å². The molecule has 0 saturated heterocycles. The van der Waals surface area contributed by atoms with Gasteiger partial charge in [0.2, 0.25) is 0 Å². The molecule has 1 heterocycles. The molecule has 0 fully saturated rings. The van der Waals surface area contributed by atoms with Gasteiger partial charge in [0.25, 0.3) is 0 Å². The smallest absolute Gasteiger partial charge is 0.174 e. The highest BCUT2D eigenvalue weighted by Crippen LogP contribution is 2.31. The predicted molar refractivity (Wildman–Crippen MR) is 72.4 cm³/mol. The number of hydrogen-bond donors (Lipinski definition) is 1. The zero-order valence-corrected chi connectivity index (χ0v) is 11.5. The van der Waals surface area contributed by atoms with Gasteiger partial charge in [-0.1, -0.05) is 0 Å². The number of anilines is 1. The van der Waals surface area contributed by atoms with Gasteiger partial charge in [0.05, 0.1) is 26.0 Å². The number of ether oxygens (including phenoxy) is 3. The van der Waals surface area contributed by atoms with Gasteiger partial charge in [-0.2, -0.15) is 0 Å². The van der Waals surface area contributed by atoms with Crippen molar-refractivity contribution in [1.29, 1.82) is 0 Å². The standard InChI is InChI=1S/C14H14F2N2O3/c1-19-10-5-11(20-2)14(16)9(13(10)15)7-21-8-3-4-12(17)18-6-8/h3-6H,7H2,1-2H3,(H2,17,18). The molecule has 2 N–H and O–H groups in total. The molecule has 2 aromatic rings. The first-order valence-corrected chi connectivity index (χ1v) is 6.00. The lowest BCUT2D eigenvalue weighted by Crippen LogP contribution is -2.06. The Morgan fingerprint density at radius 3 is 2.19 bits per heavy atom. The van der Waals surface area contributed by atoms with Crippen molar-refractivity contribution in [2.45, 2.75) is 6.61 Å². The van der Waals surface area contributed by atoms with E-state index < -0.39 is 11.6 Å². The van der Waals surface area contributed by atoms with Gasteiger partial charge in [0, 0.05) is 6.07 Å². The van der Waals surface area contributed by atoms with Gasteiger partial charge in [0.15, 0.2) is 23.1 Å². The zero-order chi connectivity index (χ0) is 15.4. The summed E-state index contributed by atoms with van der Waals surface area (Å²) in [7, 11) is 2.56. The lowest BCUT2D eigenvalue weighted by atomic mass is 10.1.